The predicted octanol–water partition coefficient (Wildman–Crippen LogP) is 4.01. The molecule has 1 atom stereocenters. The standard InChI is InChI=1S/C29H34BrN3O6S/c1-5-31-29(35)26(17-21-9-7-6-8-10-21)32(19-22-11-13-23(30)14-12-22)28(34)20-33(40(4,36)37)25-18-24(38-2)15-16-27(25)39-3/h6-16,18,26H,5,17,19-20H2,1-4H3,(H,31,35)/t26-/m1/s1. The van der Waals surface area contributed by atoms with Crippen molar-refractivity contribution in [3.63, 3.8) is 0 Å². The lowest BCUT2D eigenvalue weighted by atomic mass is 10.0. The highest BCUT2D eigenvalue weighted by atomic mass is 79.9. The van der Waals surface area contributed by atoms with E-state index in [0.717, 1.165) is 26.2 Å². The van der Waals surface area contributed by atoms with Crippen LogP contribution >= 0.6 is 15.9 Å². The molecule has 0 aliphatic heterocycles. The lowest BCUT2D eigenvalue weighted by Gasteiger charge is -2.33. The summed E-state index contributed by atoms with van der Waals surface area (Å²) in [4.78, 5) is 28.9. The average molecular weight is 633 g/mol. The maximum Gasteiger partial charge on any atom is 0.244 e. The fourth-order valence-electron chi connectivity index (χ4n) is 4.22. The largest absolute Gasteiger partial charge is 0.497 e. The van der Waals surface area contributed by atoms with E-state index in [9.17, 15) is 18.0 Å². The third-order valence-electron chi connectivity index (χ3n) is 6.22. The van der Waals surface area contributed by atoms with Gasteiger partial charge in [0.25, 0.3) is 0 Å². The molecule has 0 saturated heterocycles. The lowest BCUT2D eigenvalue weighted by Crippen LogP contribution is -2.53. The zero-order valence-electron chi connectivity index (χ0n) is 23.0. The summed E-state index contributed by atoms with van der Waals surface area (Å²) in [6, 6.07) is 20.6. The van der Waals surface area contributed by atoms with Crippen LogP contribution in [0.15, 0.2) is 77.3 Å². The van der Waals surface area contributed by atoms with E-state index in [1.807, 2.05) is 54.6 Å². The lowest BCUT2D eigenvalue weighted by molar-refractivity contribution is -0.140. The summed E-state index contributed by atoms with van der Waals surface area (Å²) in [6.45, 7) is 1.72. The molecule has 3 rings (SSSR count). The van der Waals surface area contributed by atoms with E-state index in [1.54, 1.807) is 19.1 Å². The van der Waals surface area contributed by atoms with Crippen LogP contribution in [-0.2, 0) is 32.6 Å². The van der Waals surface area contributed by atoms with E-state index in [2.05, 4.69) is 21.2 Å². The first-order valence-electron chi connectivity index (χ1n) is 12.6. The Morgan fingerprint density at radius 3 is 2.20 bits per heavy atom. The molecule has 9 nitrogen and oxygen atoms in total. The summed E-state index contributed by atoms with van der Waals surface area (Å²) in [6.07, 6.45) is 1.26. The van der Waals surface area contributed by atoms with Crippen LogP contribution in [0.2, 0.25) is 0 Å². The highest BCUT2D eigenvalue weighted by Gasteiger charge is 2.33. The molecule has 0 radical (unpaired) electrons. The van der Waals surface area contributed by atoms with Gasteiger partial charge in [-0.3, -0.25) is 13.9 Å². The third-order valence-corrected chi connectivity index (χ3v) is 7.88. The Bertz CT molecular complexity index is 1400. The van der Waals surface area contributed by atoms with Crippen molar-refractivity contribution in [2.45, 2.75) is 25.9 Å². The van der Waals surface area contributed by atoms with Crippen molar-refractivity contribution in [3.8, 4) is 11.5 Å². The number of nitrogens with one attached hydrogen (secondary N) is 1. The van der Waals surface area contributed by atoms with Gasteiger partial charge < -0.3 is 19.7 Å². The Kier molecular flexibility index (Phi) is 11.0. The number of hydrogen-bond acceptors (Lipinski definition) is 6. The topological polar surface area (TPSA) is 105 Å². The quantitative estimate of drug-likeness (QED) is 0.306. The second kappa shape index (κ2) is 14.2. The summed E-state index contributed by atoms with van der Waals surface area (Å²) in [5, 5.41) is 2.84. The Labute approximate surface area is 244 Å². The van der Waals surface area contributed by atoms with Crippen molar-refractivity contribution in [1.82, 2.24) is 10.2 Å². The molecule has 214 valence electrons. The number of nitrogens with zero attached hydrogens (tertiary/aromatic N) is 2. The summed E-state index contributed by atoms with van der Waals surface area (Å²) in [5.74, 6) is -0.233. The van der Waals surface area contributed by atoms with Crippen LogP contribution in [-0.4, -0.2) is 64.7 Å². The Balaban J connectivity index is 2.08. The fourth-order valence-corrected chi connectivity index (χ4v) is 5.33. The molecule has 0 fully saturated rings. The zero-order valence-corrected chi connectivity index (χ0v) is 25.4. The Morgan fingerprint density at radius 2 is 1.62 bits per heavy atom. The molecule has 3 aromatic rings. The molecule has 11 heteroatoms. The number of carbonyl (C=O) groups excluding carboxylic acids is 2. The molecule has 3 aromatic carbocycles. The van der Waals surface area contributed by atoms with Gasteiger partial charge in [-0.1, -0.05) is 58.4 Å². The van der Waals surface area contributed by atoms with E-state index < -0.39 is 28.5 Å². The summed E-state index contributed by atoms with van der Waals surface area (Å²) >= 11 is 3.42. The van der Waals surface area contributed by atoms with Gasteiger partial charge in [0.05, 0.1) is 26.2 Å². The van der Waals surface area contributed by atoms with E-state index in [4.69, 9.17) is 9.47 Å². The minimum Gasteiger partial charge on any atom is -0.497 e. The number of methoxy groups -OCH3 is 2. The first kappa shape index (κ1) is 31.0. The van der Waals surface area contributed by atoms with Gasteiger partial charge in [0.2, 0.25) is 21.8 Å². The van der Waals surface area contributed by atoms with Gasteiger partial charge in [0.1, 0.15) is 24.1 Å². The van der Waals surface area contributed by atoms with Crippen molar-refractivity contribution in [2.75, 3.05) is 37.9 Å². The number of halogens is 1. The number of amides is 2. The smallest absolute Gasteiger partial charge is 0.244 e. The number of carbonyl (C=O) groups is 2. The molecule has 2 amide bonds. The number of anilines is 1. The molecule has 1 N–H and O–H groups in total. The SMILES string of the molecule is CCNC(=O)[C@@H](Cc1ccccc1)N(Cc1ccc(Br)cc1)C(=O)CN(c1cc(OC)ccc1OC)S(C)(=O)=O. The molecule has 0 aliphatic carbocycles. The maximum atomic E-state index is 14.1. The monoisotopic (exact) mass is 631 g/mol. The number of ether oxygens (including phenoxy) is 2. The van der Waals surface area contributed by atoms with Gasteiger partial charge in [-0.15, -0.1) is 0 Å². The van der Waals surface area contributed by atoms with Crippen LogP contribution in [0.4, 0.5) is 5.69 Å². The number of sulfonamides is 1. The van der Waals surface area contributed by atoms with Gasteiger partial charge in [0, 0.05) is 30.0 Å². The van der Waals surface area contributed by atoms with Crippen LogP contribution in [0.3, 0.4) is 0 Å². The van der Waals surface area contributed by atoms with Crippen LogP contribution < -0.4 is 19.1 Å². The molecule has 0 saturated carbocycles. The van der Waals surface area contributed by atoms with Crippen LogP contribution in [0.5, 0.6) is 11.5 Å². The summed E-state index contributed by atoms with van der Waals surface area (Å²) in [5.41, 5.74) is 1.80. The second-order valence-electron chi connectivity index (χ2n) is 9.06. The maximum absolute atomic E-state index is 14.1. The predicted molar refractivity (Wildman–Crippen MR) is 159 cm³/mol. The third kappa shape index (κ3) is 8.22. The normalized spacial score (nSPS) is 11.8. The summed E-state index contributed by atoms with van der Waals surface area (Å²) < 4.78 is 38.6. The van der Waals surface area contributed by atoms with Crippen molar-refractivity contribution in [1.29, 1.82) is 0 Å². The first-order valence-corrected chi connectivity index (χ1v) is 15.3. The number of rotatable bonds is 13. The number of hydrogen-bond donors (Lipinski definition) is 1. The highest BCUT2D eigenvalue weighted by Crippen LogP contribution is 2.34. The van der Waals surface area contributed by atoms with Crippen LogP contribution in [0.25, 0.3) is 0 Å². The molecule has 0 aromatic heterocycles. The van der Waals surface area contributed by atoms with E-state index in [1.165, 1.54) is 25.2 Å². The molecule has 0 spiro atoms. The Hall–Kier alpha value is -3.57. The molecule has 0 aliphatic rings. The van der Waals surface area contributed by atoms with Crippen molar-refractivity contribution in [2.24, 2.45) is 0 Å². The molecule has 0 unspecified atom stereocenters. The minimum absolute atomic E-state index is 0.0909. The molecular weight excluding hydrogens is 598 g/mol. The zero-order chi connectivity index (χ0) is 29.3. The molecule has 40 heavy (non-hydrogen) atoms. The van der Waals surface area contributed by atoms with Gasteiger partial charge in [0.15, 0.2) is 0 Å². The molecular formula is C29H34BrN3O6S. The van der Waals surface area contributed by atoms with E-state index in [-0.39, 0.29) is 30.3 Å². The van der Waals surface area contributed by atoms with Crippen LogP contribution in [0.1, 0.15) is 18.1 Å². The Morgan fingerprint density at radius 1 is 0.950 bits per heavy atom. The summed E-state index contributed by atoms with van der Waals surface area (Å²) in [7, 11) is -1.08. The van der Waals surface area contributed by atoms with Gasteiger partial charge in [-0.25, -0.2) is 8.42 Å². The number of benzene rings is 3. The van der Waals surface area contributed by atoms with Crippen molar-refractivity contribution < 1.29 is 27.5 Å². The number of likely N-dealkylation sites (N-methyl/N-ethyl adjacent to an activating group) is 1. The van der Waals surface area contributed by atoms with Gasteiger partial charge >= 0.3 is 0 Å². The van der Waals surface area contributed by atoms with Gasteiger partial charge in [-0.05, 0) is 42.3 Å². The van der Waals surface area contributed by atoms with E-state index >= 15 is 0 Å². The average Bonchev–Trinajstić information content (AvgIpc) is 2.94. The van der Waals surface area contributed by atoms with Crippen molar-refractivity contribution in [3.05, 3.63) is 88.4 Å². The fraction of sp³-hybridized carbons (Fsp3) is 0.310. The molecule has 0 bridgehead atoms. The van der Waals surface area contributed by atoms with Gasteiger partial charge in [-0.2, -0.15) is 0 Å². The minimum atomic E-state index is -3.95. The van der Waals surface area contributed by atoms with Crippen LogP contribution in [0, 0.1) is 0 Å². The van der Waals surface area contributed by atoms with E-state index in [0.29, 0.717) is 12.3 Å². The first-order chi connectivity index (χ1) is 19.1. The molecule has 0 heterocycles. The van der Waals surface area contributed by atoms with Crippen molar-refractivity contribution >= 4 is 43.5 Å². The second-order valence-corrected chi connectivity index (χ2v) is 11.9. The highest BCUT2D eigenvalue weighted by molar-refractivity contribution is 9.10.